The van der Waals surface area contributed by atoms with Gasteiger partial charge in [-0.2, -0.15) is 0 Å². The number of phenolic OH excluding ortho intramolecular Hbond substituents is 1. The van der Waals surface area contributed by atoms with Gasteiger partial charge in [-0.05, 0) is 91.6 Å². The molecule has 7 rings (SSSR count). The highest BCUT2D eigenvalue weighted by molar-refractivity contribution is 7.95. The third-order valence-electron chi connectivity index (χ3n) is 10.3. The van der Waals surface area contributed by atoms with Gasteiger partial charge in [0.2, 0.25) is 0 Å². The normalized spacial score (nSPS) is 11.3. The molecule has 5 aromatic carbocycles. The second-order valence-corrected chi connectivity index (χ2v) is 17.5. The van der Waals surface area contributed by atoms with Crippen LogP contribution in [0, 0.1) is 0 Å². The van der Waals surface area contributed by atoms with E-state index in [1.54, 1.807) is 24.3 Å². The van der Waals surface area contributed by atoms with Crippen molar-refractivity contribution in [3.63, 3.8) is 0 Å². The molecule has 1 aliphatic heterocycles. The monoisotopic (exact) mass is 812 g/mol. The van der Waals surface area contributed by atoms with Crippen LogP contribution in [0.1, 0.15) is 61.7 Å². The minimum Gasteiger partial charge on any atom is -1.00 e. The number of hydrogen-bond acceptors (Lipinski definition) is 5. The molecule has 7 heteroatoms. The molecule has 0 radical (unpaired) electrons. The Morgan fingerprint density at radius 2 is 1.13 bits per heavy atom. The van der Waals surface area contributed by atoms with Gasteiger partial charge in [-0.3, -0.25) is 4.79 Å². The van der Waals surface area contributed by atoms with Crippen molar-refractivity contribution in [2.24, 2.45) is 0 Å². The van der Waals surface area contributed by atoms with Crippen LogP contribution in [-0.4, -0.2) is 23.8 Å². The summed E-state index contributed by atoms with van der Waals surface area (Å²) >= 11 is 0. The van der Waals surface area contributed by atoms with Crippen molar-refractivity contribution in [2.45, 2.75) is 51.4 Å². The van der Waals surface area contributed by atoms with Crippen molar-refractivity contribution in [1.29, 1.82) is 0 Å². The Hall–Kier alpha value is -5.03. The molecule has 0 aromatic heterocycles. The number of hydrogen-bond donors (Lipinski definition) is 1. The SMILES string of the molecule is O=C(OCCCCCCCCCC[P+](c1ccccc1)(c1ccccc1)c1ccccc1)c1ccccc1-c1c2ccc(=O)cc-2oc2cc(O)ccc12.[Br-]. The fourth-order valence-electron chi connectivity index (χ4n) is 7.66. The molecule has 5 aromatic rings. The second kappa shape index (κ2) is 19.0. The lowest BCUT2D eigenvalue weighted by atomic mass is 9.91. The van der Waals surface area contributed by atoms with Crippen LogP contribution in [0.3, 0.4) is 0 Å². The number of phenols is 1. The number of aromatic hydroxyl groups is 1. The number of carbonyl (C=O) groups is 1. The van der Waals surface area contributed by atoms with Crippen molar-refractivity contribution >= 4 is 40.1 Å². The van der Waals surface area contributed by atoms with Gasteiger partial charge in [0.05, 0.1) is 18.3 Å². The summed E-state index contributed by atoms with van der Waals surface area (Å²) < 4.78 is 11.8. The van der Waals surface area contributed by atoms with Gasteiger partial charge in [-0.1, -0.05) is 105 Å². The lowest BCUT2D eigenvalue weighted by Gasteiger charge is -2.27. The number of rotatable bonds is 16. The van der Waals surface area contributed by atoms with Crippen LogP contribution >= 0.6 is 7.26 Å². The van der Waals surface area contributed by atoms with Gasteiger partial charge in [0, 0.05) is 28.6 Å². The molecule has 0 fully saturated rings. The van der Waals surface area contributed by atoms with E-state index in [0.29, 0.717) is 34.6 Å². The van der Waals surface area contributed by atoms with E-state index < -0.39 is 7.26 Å². The summed E-state index contributed by atoms with van der Waals surface area (Å²) in [6.07, 6.45) is 10.1. The summed E-state index contributed by atoms with van der Waals surface area (Å²) in [6, 6.07) is 50.3. The first-order valence-electron chi connectivity index (χ1n) is 19.1. The van der Waals surface area contributed by atoms with Crippen LogP contribution < -0.4 is 38.3 Å². The predicted molar refractivity (Wildman–Crippen MR) is 223 cm³/mol. The molecule has 1 N–H and O–H groups in total. The maximum Gasteiger partial charge on any atom is 0.338 e. The molecule has 0 saturated carbocycles. The van der Waals surface area contributed by atoms with E-state index in [-0.39, 0.29) is 34.1 Å². The number of carbonyl (C=O) groups excluding carboxylic acids is 1. The third-order valence-corrected chi connectivity index (χ3v) is 14.8. The van der Waals surface area contributed by atoms with Gasteiger partial charge in [0.1, 0.15) is 40.3 Å². The van der Waals surface area contributed by atoms with Gasteiger partial charge in [0.25, 0.3) is 0 Å². The Bertz CT molecular complexity index is 2230. The van der Waals surface area contributed by atoms with Gasteiger partial charge < -0.3 is 31.2 Å². The van der Waals surface area contributed by atoms with Crippen LogP contribution in [0.5, 0.6) is 5.75 Å². The molecule has 0 unspecified atom stereocenters. The Kier molecular flexibility index (Phi) is 13.7. The molecular weight excluding hydrogens is 767 g/mol. The Balaban J connectivity index is 0.00000514. The molecule has 0 saturated heterocycles. The predicted octanol–water partition coefficient (Wildman–Crippen LogP) is 7.55. The van der Waals surface area contributed by atoms with E-state index in [2.05, 4.69) is 91.0 Å². The molecule has 5 nitrogen and oxygen atoms in total. The fourth-order valence-corrected chi connectivity index (χ4v) is 12.1. The number of esters is 1. The van der Waals surface area contributed by atoms with Crippen molar-refractivity contribution in [3.05, 3.63) is 167 Å². The molecule has 0 spiro atoms. The van der Waals surface area contributed by atoms with E-state index in [4.69, 9.17) is 9.15 Å². The van der Waals surface area contributed by atoms with Crippen molar-refractivity contribution < 1.29 is 36.0 Å². The van der Waals surface area contributed by atoms with Gasteiger partial charge in [-0.25, -0.2) is 4.79 Å². The molecule has 0 bridgehead atoms. The standard InChI is InChI=1S/C48H45O5P.BrH/c49-36-28-30-43-45(34-36)53-46-35-37(50)29-31-44(46)47(43)41-26-16-17-27-42(41)48(51)52-32-18-5-3-1-2-4-6-19-33-54(38-20-10-7-11-21-38,39-22-12-8-13-23-39)40-24-14-9-15-25-40;/h7-17,20-31,34-35H,1-6,18-19,32-33H2;1H. The largest absolute Gasteiger partial charge is 1.00 e. The summed E-state index contributed by atoms with van der Waals surface area (Å²) in [4.78, 5) is 25.6. The highest BCUT2D eigenvalue weighted by Gasteiger charge is 2.44. The van der Waals surface area contributed by atoms with E-state index in [1.807, 2.05) is 18.2 Å². The molecule has 280 valence electrons. The number of benzene rings is 6. The second-order valence-electron chi connectivity index (χ2n) is 13.9. The smallest absolute Gasteiger partial charge is 0.338 e. The number of halogens is 1. The summed E-state index contributed by atoms with van der Waals surface area (Å²) in [5.41, 5.74) is 2.84. The third kappa shape index (κ3) is 9.10. The van der Waals surface area contributed by atoms with Crippen LogP contribution in [-0.2, 0) is 4.74 Å². The van der Waals surface area contributed by atoms with Crippen molar-refractivity contribution in [1.82, 2.24) is 0 Å². The van der Waals surface area contributed by atoms with E-state index in [1.165, 1.54) is 66.2 Å². The first-order chi connectivity index (χ1) is 26.5. The number of ether oxygens (including phenoxy) is 1. The minimum absolute atomic E-state index is 0. The maximum atomic E-state index is 13.5. The highest BCUT2D eigenvalue weighted by Crippen LogP contribution is 2.56. The van der Waals surface area contributed by atoms with Crippen LogP contribution in [0.15, 0.2) is 161 Å². The zero-order valence-corrected chi connectivity index (χ0v) is 33.4. The van der Waals surface area contributed by atoms with Crippen LogP contribution in [0.25, 0.3) is 33.4 Å². The van der Waals surface area contributed by atoms with E-state index in [9.17, 15) is 14.7 Å². The summed E-state index contributed by atoms with van der Waals surface area (Å²) in [7, 11) is -1.77. The molecule has 1 aliphatic carbocycles. The lowest BCUT2D eigenvalue weighted by molar-refractivity contribution is -0.0000303. The Morgan fingerprint density at radius 3 is 1.75 bits per heavy atom. The molecule has 2 aliphatic rings. The number of fused-ring (bicyclic) bond motifs is 2. The van der Waals surface area contributed by atoms with Crippen molar-refractivity contribution in [3.8, 4) is 28.2 Å². The quantitative estimate of drug-likeness (QED) is 0.0473. The van der Waals surface area contributed by atoms with Gasteiger partial charge in [-0.15, -0.1) is 0 Å². The van der Waals surface area contributed by atoms with Gasteiger partial charge >= 0.3 is 5.97 Å². The molecule has 55 heavy (non-hydrogen) atoms. The van der Waals surface area contributed by atoms with Crippen LogP contribution in [0.4, 0.5) is 0 Å². The topological polar surface area (TPSA) is 76.7 Å². The molecule has 1 heterocycles. The van der Waals surface area contributed by atoms with E-state index in [0.717, 1.165) is 36.4 Å². The summed E-state index contributed by atoms with van der Waals surface area (Å²) in [5.74, 6) is 0.0588. The van der Waals surface area contributed by atoms with Crippen LogP contribution in [0.2, 0.25) is 0 Å². The highest BCUT2D eigenvalue weighted by atomic mass is 79.9. The average Bonchev–Trinajstić information content (AvgIpc) is 3.21. The lowest BCUT2D eigenvalue weighted by Crippen LogP contribution is -3.00. The fraction of sp³-hybridized carbons (Fsp3) is 0.208. The number of unbranched alkanes of at least 4 members (excludes halogenated alkanes) is 7. The first kappa shape index (κ1) is 39.7. The maximum absolute atomic E-state index is 13.5. The van der Waals surface area contributed by atoms with Gasteiger partial charge in [0.15, 0.2) is 5.43 Å². The molecular formula is C48H46BrO5P. The van der Waals surface area contributed by atoms with E-state index >= 15 is 0 Å². The molecule has 0 atom stereocenters. The van der Waals surface area contributed by atoms with Crippen molar-refractivity contribution in [2.75, 3.05) is 12.8 Å². The minimum atomic E-state index is -1.77. The summed E-state index contributed by atoms with van der Waals surface area (Å²) in [5, 5.41) is 15.2. The first-order valence-corrected chi connectivity index (χ1v) is 21.0. The Labute approximate surface area is 334 Å². The Morgan fingerprint density at radius 1 is 0.582 bits per heavy atom. The zero-order chi connectivity index (χ0) is 37.2. The average molecular weight is 814 g/mol. The summed E-state index contributed by atoms with van der Waals surface area (Å²) in [6.45, 7) is 0.358. The zero-order valence-electron chi connectivity index (χ0n) is 30.9. The molecule has 0 amide bonds.